The summed E-state index contributed by atoms with van der Waals surface area (Å²) in [6.45, 7) is 2.63. The zero-order valence-electron chi connectivity index (χ0n) is 15.7. The summed E-state index contributed by atoms with van der Waals surface area (Å²) in [5.41, 5.74) is 0. The first-order valence-electron chi connectivity index (χ1n) is 8.79. The summed E-state index contributed by atoms with van der Waals surface area (Å²) in [5, 5.41) is 8.92. The van der Waals surface area contributed by atoms with E-state index in [0.717, 1.165) is 32.1 Å². The molecule has 0 rings (SSSR count). The van der Waals surface area contributed by atoms with Crippen LogP contribution in [0, 0.1) is 0 Å². The number of esters is 1. The predicted octanol–water partition coefficient (Wildman–Crippen LogP) is 3.55. The molecule has 0 aromatic heterocycles. The van der Waals surface area contributed by atoms with Gasteiger partial charge in [0.1, 0.15) is 6.54 Å². The summed E-state index contributed by atoms with van der Waals surface area (Å²) < 4.78 is 5.82. The molecule has 0 heterocycles. The van der Waals surface area contributed by atoms with E-state index >= 15 is 0 Å². The van der Waals surface area contributed by atoms with Crippen molar-refractivity contribution in [2.75, 3.05) is 27.7 Å². The molecule has 138 valence electrons. The van der Waals surface area contributed by atoms with Gasteiger partial charge in [-0.2, -0.15) is 0 Å². The van der Waals surface area contributed by atoms with Crippen LogP contribution in [0.3, 0.4) is 0 Å². The lowest BCUT2D eigenvalue weighted by atomic mass is 10.1. The van der Waals surface area contributed by atoms with Crippen molar-refractivity contribution in [1.82, 2.24) is 0 Å². The molecule has 1 unspecified atom stereocenters. The normalized spacial score (nSPS) is 13.5. The van der Waals surface area contributed by atoms with Gasteiger partial charge in [0, 0.05) is 6.08 Å². The number of nitrogens with zero attached hydrogens (tertiary/aromatic N) is 1. The highest BCUT2D eigenvalue weighted by atomic mass is 16.5. The molecule has 0 amide bonds. The second-order valence-corrected chi connectivity index (χ2v) is 7.08. The van der Waals surface area contributed by atoms with E-state index in [4.69, 9.17) is 9.84 Å². The summed E-state index contributed by atoms with van der Waals surface area (Å²) in [4.78, 5) is 22.7. The van der Waals surface area contributed by atoms with E-state index < -0.39 is 18.0 Å². The number of allylic oxidation sites excluding steroid dienone is 3. The monoisotopic (exact) mass is 340 g/mol. The summed E-state index contributed by atoms with van der Waals surface area (Å²) >= 11 is 0. The van der Waals surface area contributed by atoms with E-state index in [9.17, 15) is 9.59 Å². The Morgan fingerprint density at radius 2 is 1.62 bits per heavy atom. The first kappa shape index (κ1) is 22.4. The maximum absolute atomic E-state index is 11.8. The third-order valence-electron chi connectivity index (χ3n) is 3.30. The quantitative estimate of drug-likeness (QED) is 0.183. The van der Waals surface area contributed by atoms with Crippen molar-refractivity contribution in [2.45, 2.75) is 58.0 Å². The number of likely N-dealkylation sites (N-methyl/N-ethyl adjacent to an activating group) is 1. The Labute approximate surface area is 146 Å². The molecule has 0 aromatic carbocycles. The van der Waals surface area contributed by atoms with Crippen molar-refractivity contribution in [3.63, 3.8) is 0 Å². The largest absolute Gasteiger partial charge is 0.481 e. The number of carboxylic acids is 1. The standard InChI is InChI=1S/C19H33NO4/c1-5-6-7-8-9-10-11-12-13-14-19(23)24-17(15-18(21)22)16-20(2,3)4/h7-8,13-14,17H,5-6,9-12,15-16H2,1-4H3/p+1/b8-7+,14-13+. The molecule has 1 N–H and O–H groups in total. The van der Waals surface area contributed by atoms with Crippen molar-refractivity contribution in [2.24, 2.45) is 0 Å². The summed E-state index contributed by atoms with van der Waals surface area (Å²) in [6, 6.07) is 0. The third kappa shape index (κ3) is 15.3. The van der Waals surface area contributed by atoms with Gasteiger partial charge in [-0.15, -0.1) is 0 Å². The molecular formula is C19H34NO4+. The van der Waals surface area contributed by atoms with Crippen LogP contribution in [0.5, 0.6) is 0 Å². The van der Waals surface area contributed by atoms with Gasteiger partial charge in [-0.05, 0) is 32.1 Å². The zero-order chi connectivity index (χ0) is 18.4. The lowest BCUT2D eigenvalue weighted by Crippen LogP contribution is -2.43. The van der Waals surface area contributed by atoms with E-state index in [2.05, 4.69) is 19.1 Å². The molecule has 0 radical (unpaired) electrons. The van der Waals surface area contributed by atoms with Gasteiger partial charge in [0.05, 0.1) is 27.6 Å². The maximum atomic E-state index is 11.8. The molecule has 5 nitrogen and oxygen atoms in total. The highest BCUT2D eigenvalue weighted by Crippen LogP contribution is 2.07. The van der Waals surface area contributed by atoms with E-state index in [1.54, 1.807) is 0 Å². The van der Waals surface area contributed by atoms with Gasteiger partial charge in [-0.25, -0.2) is 4.79 Å². The van der Waals surface area contributed by atoms with Crippen molar-refractivity contribution >= 4 is 11.9 Å². The second-order valence-electron chi connectivity index (χ2n) is 7.08. The number of carbonyl (C=O) groups is 2. The molecule has 0 aliphatic heterocycles. The maximum Gasteiger partial charge on any atom is 0.330 e. The number of ether oxygens (including phenoxy) is 1. The third-order valence-corrected chi connectivity index (χ3v) is 3.30. The number of carboxylic acid groups (broad SMARTS) is 1. The molecule has 24 heavy (non-hydrogen) atoms. The summed E-state index contributed by atoms with van der Waals surface area (Å²) in [7, 11) is 5.81. The number of unbranched alkanes of at least 4 members (excludes halogenated alkanes) is 4. The zero-order valence-corrected chi connectivity index (χ0v) is 15.7. The lowest BCUT2D eigenvalue weighted by Gasteiger charge is -2.28. The average Bonchev–Trinajstić information content (AvgIpc) is 2.42. The Hall–Kier alpha value is -1.62. The smallest absolute Gasteiger partial charge is 0.330 e. The van der Waals surface area contributed by atoms with Crippen LogP contribution in [0.15, 0.2) is 24.3 Å². The van der Waals surface area contributed by atoms with Crippen LogP contribution in [0.4, 0.5) is 0 Å². The Morgan fingerprint density at radius 3 is 2.17 bits per heavy atom. The first-order valence-corrected chi connectivity index (χ1v) is 8.79. The fourth-order valence-electron chi connectivity index (χ4n) is 2.26. The Balaban J connectivity index is 4.07. The van der Waals surface area contributed by atoms with Crippen molar-refractivity contribution in [3.05, 3.63) is 24.3 Å². The SMILES string of the molecule is CCC/C=C/CCCC/C=C/C(=O)OC(CC(=O)O)C[N+](C)(C)C. The van der Waals surface area contributed by atoms with E-state index in [0.29, 0.717) is 11.0 Å². The van der Waals surface area contributed by atoms with Crippen LogP contribution < -0.4 is 0 Å². The molecule has 0 bridgehead atoms. The molecule has 0 aliphatic carbocycles. The predicted molar refractivity (Wildman–Crippen MR) is 96.7 cm³/mol. The molecule has 0 aliphatic rings. The molecular weight excluding hydrogens is 306 g/mol. The van der Waals surface area contributed by atoms with E-state index in [1.807, 2.05) is 27.2 Å². The summed E-state index contributed by atoms with van der Waals surface area (Å²) in [5.74, 6) is -1.42. The Morgan fingerprint density at radius 1 is 1.04 bits per heavy atom. The number of aliphatic carboxylic acids is 1. The number of quaternary nitrogens is 1. The van der Waals surface area contributed by atoms with Gasteiger partial charge in [0.25, 0.3) is 0 Å². The first-order chi connectivity index (χ1) is 11.2. The minimum Gasteiger partial charge on any atom is -0.481 e. The topological polar surface area (TPSA) is 63.6 Å². The Kier molecular flexibility index (Phi) is 11.9. The number of hydrogen-bond donors (Lipinski definition) is 1. The molecule has 0 saturated carbocycles. The van der Waals surface area contributed by atoms with E-state index in [1.165, 1.54) is 12.5 Å². The molecule has 0 saturated heterocycles. The van der Waals surface area contributed by atoms with Gasteiger partial charge in [-0.1, -0.05) is 31.6 Å². The van der Waals surface area contributed by atoms with E-state index in [-0.39, 0.29) is 6.42 Å². The van der Waals surface area contributed by atoms with Gasteiger partial charge < -0.3 is 14.3 Å². The van der Waals surface area contributed by atoms with Crippen molar-refractivity contribution < 1.29 is 23.9 Å². The van der Waals surface area contributed by atoms with Gasteiger partial charge >= 0.3 is 11.9 Å². The second kappa shape index (κ2) is 12.8. The minimum absolute atomic E-state index is 0.167. The fourth-order valence-corrected chi connectivity index (χ4v) is 2.26. The molecule has 5 heteroatoms. The van der Waals surface area contributed by atoms with Crippen LogP contribution >= 0.6 is 0 Å². The Bertz CT molecular complexity index is 422. The van der Waals surface area contributed by atoms with Gasteiger partial charge in [-0.3, -0.25) is 4.79 Å². The highest BCUT2D eigenvalue weighted by molar-refractivity contribution is 5.82. The highest BCUT2D eigenvalue weighted by Gasteiger charge is 2.23. The molecule has 0 aromatic rings. The van der Waals surface area contributed by atoms with Gasteiger partial charge in [0.15, 0.2) is 6.10 Å². The van der Waals surface area contributed by atoms with Gasteiger partial charge in [0.2, 0.25) is 0 Å². The van der Waals surface area contributed by atoms with Crippen LogP contribution in [-0.4, -0.2) is 55.3 Å². The molecule has 1 atom stereocenters. The lowest BCUT2D eigenvalue weighted by molar-refractivity contribution is -0.873. The molecule has 0 spiro atoms. The fraction of sp³-hybridized carbons (Fsp3) is 0.684. The van der Waals surface area contributed by atoms with Crippen molar-refractivity contribution in [1.29, 1.82) is 0 Å². The number of hydrogen-bond acceptors (Lipinski definition) is 3. The number of rotatable bonds is 13. The van der Waals surface area contributed by atoms with Crippen LogP contribution in [0.25, 0.3) is 0 Å². The summed E-state index contributed by atoms with van der Waals surface area (Å²) in [6.07, 6.45) is 13.2. The molecule has 0 fully saturated rings. The van der Waals surface area contributed by atoms with Crippen LogP contribution in [0.2, 0.25) is 0 Å². The average molecular weight is 340 g/mol. The number of carbonyl (C=O) groups excluding carboxylic acids is 1. The van der Waals surface area contributed by atoms with Crippen LogP contribution in [-0.2, 0) is 14.3 Å². The van der Waals surface area contributed by atoms with Crippen molar-refractivity contribution in [3.8, 4) is 0 Å². The van der Waals surface area contributed by atoms with Crippen LogP contribution in [0.1, 0.15) is 51.9 Å². The minimum atomic E-state index is -0.957.